The summed E-state index contributed by atoms with van der Waals surface area (Å²) in [5.41, 5.74) is 2.53. The Morgan fingerprint density at radius 1 is 0.913 bits per heavy atom. The molecular weight excluding hydrogens is 322 g/mol. The Morgan fingerprint density at radius 3 is 2.48 bits per heavy atom. The molecular formula is C18H19N3S2. The normalized spacial score (nSPS) is 15.9. The summed E-state index contributed by atoms with van der Waals surface area (Å²) in [6.45, 7) is 5.34. The van der Waals surface area contributed by atoms with Gasteiger partial charge in [0.2, 0.25) is 0 Å². The van der Waals surface area contributed by atoms with Crippen molar-refractivity contribution in [1.29, 1.82) is 0 Å². The Bertz CT molecular complexity index is 729. The minimum atomic E-state index is 0.963. The maximum atomic E-state index is 4.80. The molecule has 3 nitrogen and oxygen atoms in total. The fourth-order valence-electron chi connectivity index (χ4n) is 2.93. The van der Waals surface area contributed by atoms with E-state index in [2.05, 4.69) is 63.0 Å². The Kier molecular flexibility index (Phi) is 4.41. The molecule has 4 rings (SSSR count). The number of thiazole rings is 1. The summed E-state index contributed by atoms with van der Waals surface area (Å²) in [4.78, 5) is 11.0. The molecule has 0 N–H and O–H groups in total. The predicted molar refractivity (Wildman–Crippen MR) is 99.4 cm³/mol. The van der Waals surface area contributed by atoms with Crippen molar-refractivity contribution >= 4 is 28.4 Å². The van der Waals surface area contributed by atoms with Crippen LogP contribution < -0.4 is 4.90 Å². The van der Waals surface area contributed by atoms with Crippen LogP contribution in [0.25, 0.3) is 9.88 Å². The summed E-state index contributed by atoms with van der Waals surface area (Å²) < 4.78 is 0. The summed E-state index contributed by atoms with van der Waals surface area (Å²) in [6, 6.07) is 14.9. The molecule has 5 heteroatoms. The first-order valence-corrected chi connectivity index (χ1v) is 9.65. The first kappa shape index (κ1) is 14.9. The van der Waals surface area contributed by atoms with E-state index in [0.717, 1.165) is 37.7 Å². The molecule has 0 aliphatic carbocycles. The number of rotatable bonds is 4. The topological polar surface area (TPSA) is 19.4 Å². The van der Waals surface area contributed by atoms with Crippen molar-refractivity contribution in [3.05, 3.63) is 58.9 Å². The average molecular weight is 342 g/mol. The van der Waals surface area contributed by atoms with Crippen LogP contribution in [-0.2, 0) is 6.54 Å². The Labute approximate surface area is 144 Å². The quantitative estimate of drug-likeness (QED) is 0.709. The van der Waals surface area contributed by atoms with Crippen LogP contribution in [0.5, 0.6) is 0 Å². The third-order valence-electron chi connectivity index (χ3n) is 4.16. The fourth-order valence-corrected chi connectivity index (χ4v) is 4.55. The molecule has 0 amide bonds. The van der Waals surface area contributed by atoms with Crippen molar-refractivity contribution in [2.24, 2.45) is 0 Å². The second-order valence-corrected chi connectivity index (χ2v) is 7.53. The van der Waals surface area contributed by atoms with Gasteiger partial charge in [-0.25, -0.2) is 4.98 Å². The highest BCUT2D eigenvalue weighted by Crippen LogP contribution is 2.28. The SMILES string of the molecule is c1ccc(N2CCN(Cc3csc(-c4cccs4)n3)CC2)cc1. The highest BCUT2D eigenvalue weighted by atomic mass is 32.1. The van der Waals surface area contributed by atoms with Crippen molar-refractivity contribution in [2.45, 2.75) is 6.54 Å². The summed E-state index contributed by atoms with van der Waals surface area (Å²) in [5, 5.41) is 5.47. The number of benzene rings is 1. The monoisotopic (exact) mass is 341 g/mol. The standard InChI is InChI=1S/C18H19N3S2/c1-2-5-16(6-3-1)21-10-8-20(9-11-21)13-15-14-23-18(19-15)17-7-4-12-22-17/h1-7,12,14H,8-11,13H2. The van der Waals surface area contributed by atoms with E-state index in [-0.39, 0.29) is 0 Å². The molecule has 0 saturated carbocycles. The molecule has 0 atom stereocenters. The van der Waals surface area contributed by atoms with Gasteiger partial charge in [0.1, 0.15) is 5.01 Å². The highest BCUT2D eigenvalue weighted by Gasteiger charge is 2.18. The maximum Gasteiger partial charge on any atom is 0.133 e. The predicted octanol–water partition coefficient (Wildman–Crippen LogP) is 4.19. The largest absolute Gasteiger partial charge is 0.369 e. The van der Waals surface area contributed by atoms with E-state index in [9.17, 15) is 0 Å². The van der Waals surface area contributed by atoms with Crippen LogP contribution in [0.1, 0.15) is 5.69 Å². The fraction of sp³-hybridized carbons (Fsp3) is 0.278. The van der Waals surface area contributed by atoms with E-state index in [4.69, 9.17) is 4.98 Å². The average Bonchev–Trinajstić information content (AvgIpc) is 3.28. The molecule has 0 unspecified atom stereocenters. The van der Waals surface area contributed by atoms with Crippen LogP contribution in [0.4, 0.5) is 5.69 Å². The number of piperazine rings is 1. The van der Waals surface area contributed by atoms with E-state index < -0.39 is 0 Å². The van der Waals surface area contributed by atoms with Gasteiger partial charge < -0.3 is 4.90 Å². The molecule has 0 bridgehead atoms. The van der Waals surface area contributed by atoms with Gasteiger partial charge in [0, 0.05) is 43.8 Å². The van der Waals surface area contributed by atoms with E-state index in [0.29, 0.717) is 0 Å². The van der Waals surface area contributed by atoms with Crippen molar-refractivity contribution in [2.75, 3.05) is 31.1 Å². The van der Waals surface area contributed by atoms with E-state index in [1.165, 1.54) is 16.3 Å². The van der Waals surface area contributed by atoms with Gasteiger partial charge in [-0.2, -0.15) is 0 Å². The molecule has 1 aliphatic rings. The van der Waals surface area contributed by atoms with Crippen molar-refractivity contribution in [3.63, 3.8) is 0 Å². The minimum Gasteiger partial charge on any atom is -0.369 e. The number of aromatic nitrogens is 1. The van der Waals surface area contributed by atoms with Crippen molar-refractivity contribution in [3.8, 4) is 9.88 Å². The smallest absolute Gasteiger partial charge is 0.133 e. The van der Waals surface area contributed by atoms with Gasteiger partial charge >= 0.3 is 0 Å². The van der Waals surface area contributed by atoms with E-state index in [1.54, 1.807) is 22.7 Å². The summed E-state index contributed by atoms with van der Waals surface area (Å²) >= 11 is 3.52. The zero-order valence-electron chi connectivity index (χ0n) is 12.9. The molecule has 1 aromatic carbocycles. The molecule has 2 aromatic heterocycles. The molecule has 23 heavy (non-hydrogen) atoms. The van der Waals surface area contributed by atoms with Crippen LogP contribution in [-0.4, -0.2) is 36.1 Å². The van der Waals surface area contributed by atoms with Gasteiger partial charge in [-0.1, -0.05) is 24.3 Å². The van der Waals surface area contributed by atoms with Crippen LogP contribution in [0.2, 0.25) is 0 Å². The molecule has 1 fully saturated rings. The van der Waals surface area contributed by atoms with Crippen LogP contribution in [0.3, 0.4) is 0 Å². The van der Waals surface area contributed by atoms with E-state index >= 15 is 0 Å². The number of anilines is 1. The van der Waals surface area contributed by atoms with E-state index in [1.807, 2.05) is 0 Å². The van der Waals surface area contributed by atoms with Gasteiger partial charge in [0.25, 0.3) is 0 Å². The molecule has 0 spiro atoms. The third kappa shape index (κ3) is 3.47. The first-order chi connectivity index (χ1) is 11.4. The lowest BCUT2D eigenvalue weighted by Crippen LogP contribution is -2.46. The summed E-state index contributed by atoms with van der Waals surface area (Å²) in [6.07, 6.45) is 0. The summed E-state index contributed by atoms with van der Waals surface area (Å²) in [7, 11) is 0. The van der Waals surface area contributed by atoms with Gasteiger partial charge in [-0.3, -0.25) is 4.90 Å². The van der Waals surface area contributed by atoms with Crippen LogP contribution in [0, 0.1) is 0 Å². The van der Waals surface area contributed by atoms with Crippen molar-refractivity contribution in [1.82, 2.24) is 9.88 Å². The molecule has 1 saturated heterocycles. The van der Waals surface area contributed by atoms with Crippen molar-refractivity contribution < 1.29 is 0 Å². The molecule has 118 valence electrons. The highest BCUT2D eigenvalue weighted by molar-refractivity contribution is 7.20. The lowest BCUT2D eigenvalue weighted by atomic mass is 10.2. The number of hydrogen-bond donors (Lipinski definition) is 0. The second-order valence-electron chi connectivity index (χ2n) is 5.72. The first-order valence-electron chi connectivity index (χ1n) is 7.89. The molecule has 1 aliphatic heterocycles. The van der Waals surface area contributed by atoms with Crippen LogP contribution in [0.15, 0.2) is 53.2 Å². The van der Waals surface area contributed by atoms with Gasteiger partial charge in [-0.05, 0) is 23.6 Å². The lowest BCUT2D eigenvalue weighted by Gasteiger charge is -2.35. The number of para-hydroxylation sites is 1. The number of nitrogens with zero attached hydrogens (tertiary/aromatic N) is 3. The minimum absolute atomic E-state index is 0.963. The number of hydrogen-bond acceptors (Lipinski definition) is 5. The second kappa shape index (κ2) is 6.83. The maximum absolute atomic E-state index is 4.80. The Hall–Kier alpha value is -1.69. The molecule has 3 heterocycles. The molecule has 0 radical (unpaired) electrons. The summed E-state index contributed by atoms with van der Waals surface area (Å²) in [5.74, 6) is 0. The number of thiophene rings is 1. The molecule has 3 aromatic rings. The van der Waals surface area contributed by atoms with Gasteiger partial charge in [0.05, 0.1) is 10.6 Å². The van der Waals surface area contributed by atoms with Gasteiger partial charge in [0.15, 0.2) is 0 Å². The van der Waals surface area contributed by atoms with Gasteiger partial charge in [-0.15, -0.1) is 22.7 Å². The third-order valence-corrected chi connectivity index (χ3v) is 6.09. The lowest BCUT2D eigenvalue weighted by molar-refractivity contribution is 0.247. The Balaban J connectivity index is 1.35. The van der Waals surface area contributed by atoms with Crippen LogP contribution >= 0.6 is 22.7 Å². The zero-order chi connectivity index (χ0) is 15.5. The zero-order valence-corrected chi connectivity index (χ0v) is 14.5. The Morgan fingerprint density at radius 2 is 1.74 bits per heavy atom.